The third kappa shape index (κ3) is 6.10. The number of primary amides is 1. The van der Waals surface area contributed by atoms with Crippen molar-refractivity contribution in [2.75, 3.05) is 14.2 Å². The average Bonchev–Trinajstić information content (AvgIpc) is 2.91. The minimum absolute atomic E-state index is 0.239. The first-order chi connectivity index (χ1) is 19.4. The van der Waals surface area contributed by atoms with Crippen LogP contribution in [0.1, 0.15) is 52.4 Å². The summed E-state index contributed by atoms with van der Waals surface area (Å²) >= 11 is 0. The predicted molar refractivity (Wildman–Crippen MR) is 159 cm³/mol. The maximum Gasteiger partial charge on any atom is 0.239 e. The maximum atomic E-state index is 14.1. The molecule has 0 heterocycles. The molecular weight excluding hydrogens is 522 g/mol. The van der Waals surface area contributed by atoms with Gasteiger partial charge in [-0.2, -0.15) is 0 Å². The summed E-state index contributed by atoms with van der Waals surface area (Å²) < 4.78 is 39.2. The lowest BCUT2D eigenvalue weighted by atomic mass is 9.89. The van der Waals surface area contributed by atoms with Crippen molar-refractivity contribution in [3.63, 3.8) is 0 Å². The van der Waals surface area contributed by atoms with E-state index in [-0.39, 0.29) is 17.7 Å². The van der Waals surface area contributed by atoms with Crippen LogP contribution in [0.15, 0.2) is 60.7 Å². The lowest BCUT2D eigenvalue weighted by Gasteiger charge is -2.25. The van der Waals surface area contributed by atoms with E-state index in [0.29, 0.717) is 28.2 Å². The molecule has 0 saturated heterocycles. The van der Waals surface area contributed by atoms with Crippen molar-refractivity contribution in [3.8, 4) is 33.8 Å². The number of amides is 1. The fraction of sp³-hybridized carbons (Fsp3) is 0.265. The molecule has 214 valence electrons. The van der Waals surface area contributed by atoms with Crippen molar-refractivity contribution in [2.45, 2.75) is 46.7 Å². The molecule has 2 unspecified atom stereocenters. The summed E-state index contributed by atoms with van der Waals surface area (Å²) in [6.07, 6.45) is 0. The Hall–Kier alpha value is -4.23. The van der Waals surface area contributed by atoms with Gasteiger partial charge in [0, 0.05) is 17.2 Å². The van der Waals surface area contributed by atoms with E-state index in [1.807, 2.05) is 58.9 Å². The normalized spacial score (nSPS) is 12.6. The highest BCUT2D eigenvalue weighted by molar-refractivity contribution is 5.83. The van der Waals surface area contributed by atoms with Gasteiger partial charge in [-0.15, -0.1) is 0 Å². The smallest absolute Gasteiger partial charge is 0.239 e. The van der Waals surface area contributed by atoms with Crippen molar-refractivity contribution in [3.05, 3.63) is 106 Å². The number of rotatable bonds is 9. The molecule has 4 aromatic rings. The lowest BCUT2D eigenvalue weighted by molar-refractivity contribution is -0.120. The Labute approximate surface area is 240 Å². The summed E-state index contributed by atoms with van der Waals surface area (Å²) in [5.41, 5.74) is 14.3. The van der Waals surface area contributed by atoms with E-state index < -0.39 is 11.9 Å². The summed E-state index contributed by atoms with van der Waals surface area (Å²) in [4.78, 5) is 12.7. The van der Waals surface area contributed by atoms with Crippen LogP contribution in [0.2, 0.25) is 0 Å². The standard InChI is InChI=1S/C34H36F2N2O3/c1-18-12-23(13-19(2)31(18)27-16-25(35)8-10-29(27)40-6)22(5)38-33(34(37)39)24-14-20(3)32(21(4)15-24)28-17-26(36)9-11-30(28)41-7/h8-17,22,33,38H,1-7H3,(H2,37,39). The number of hydrogen-bond donors (Lipinski definition) is 2. The number of methoxy groups -OCH3 is 2. The molecule has 0 aromatic heterocycles. The largest absolute Gasteiger partial charge is 0.496 e. The van der Waals surface area contributed by atoms with Crippen LogP contribution >= 0.6 is 0 Å². The maximum absolute atomic E-state index is 14.1. The zero-order chi connectivity index (χ0) is 30.0. The van der Waals surface area contributed by atoms with Gasteiger partial charge in [-0.25, -0.2) is 8.78 Å². The lowest BCUT2D eigenvalue weighted by Crippen LogP contribution is -2.35. The van der Waals surface area contributed by atoms with Crippen LogP contribution in [0.5, 0.6) is 11.5 Å². The van der Waals surface area contributed by atoms with E-state index in [2.05, 4.69) is 5.32 Å². The molecule has 1 amide bonds. The number of carbonyl (C=O) groups excluding carboxylic acids is 1. The van der Waals surface area contributed by atoms with Gasteiger partial charge in [-0.05, 0) is 116 Å². The molecule has 3 N–H and O–H groups in total. The van der Waals surface area contributed by atoms with Gasteiger partial charge in [0.2, 0.25) is 5.91 Å². The van der Waals surface area contributed by atoms with Crippen LogP contribution in [-0.4, -0.2) is 20.1 Å². The van der Waals surface area contributed by atoms with Gasteiger partial charge in [0.15, 0.2) is 0 Å². The zero-order valence-electron chi connectivity index (χ0n) is 24.5. The van der Waals surface area contributed by atoms with Gasteiger partial charge >= 0.3 is 0 Å². The predicted octanol–water partition coefficient (Wildman–Crippen LogP) is 7.43. The van der Waals surface area contributed by atoms with E-state index in [0.717, 1.165) is 38.9 Å². The number of halogens is 2. The van der Waals surface area contributed by atoms with Crippen LogP contribution in [0.3, 0.4) is 0 Å². The Morgan fingerprint density at radius 2 is 1.10 bits per heavy atom. The monoisotopic (exact) mass is 558 g/mol. The molecule has 0 aliphatic carbocycles. The third-order valence-corrected chi connectivity index (χ3v) is 7.51. The molecule has 0 bridgehead atoms. The zero-order valence-corrected chi connectivity index (χ0v) is 24.5. The van der Waals surface area contributed by atoms with Gasteiger partial charge in [-0.3, -0.25) is 10.1 Å². The second-order valence-corrected chi connectivity index (χ2v) is 10.5. The quantitative estimate of drug-likeness (QED) is 0.224. The van der Waals surface area contributed by atoms with Crippen molar-refractivity contribution in [1.82, 2.24) is 5.32 Å². The van der Waals surface area contributed by atoms with Crippen LogP contribution in [0, 0.1) is 39.3 Å². The molecule has 7 heteroatoms. The minimum Gasteiger partial charge on any atom is -0.496 e. The second-order valence-electron chi connectivity index (χ2n) is 10.5. The highest BCUT2D eigenvalue weighted by atomic mass is 19.1. The summed E-state index contributed by atoms with van der Waals surface area (Å²) in [6.45, 7) is 9.76. The Morgan fingerprint density at radius 1 is 0.707 bits per heavy atom. The van der Waals surface area contributed by atoms with Gasteiger partial charge < -0.3 is 15.2 Å². The molecule has 0 aliphatic heterocycles. The molecule has 5 nitrogen and oxygen atoms in total. The fourth-order valence-corrected chi connectivity index (χ4v) is 5.70. The summed E-state index contributed by atoms with van der Waals surface area (Å²) in [6, 6.07) is 15.7. The number of benzene rings is 4. The summed E-state index contributed by atoms with van der Waals surface area (Å²) in [7, 11) is 3.12. The average molecular weight is 559 g/mol. The van der Waals surface area contributed by atoms with Gasteiger partial charge in [-0.1, -0.05) is 24.3 Å². The van der Waals surface area contributed by atoms with Crippen LogP contribution in [0.25, 0.3) is 22.3 Å². The van der Waals surface area contributed by atoms with Gasteiger partial charge in [0.05, 0.1) is 14.2 Å². The van der Waals surface area contributed by atoms with Crippen LogP contribution in [0.4, 0.5) is 8.78 Å². The highest BCUT2D eigenvalue weighted by Crippen LogP contribution is 2.39. The molecule has 4 rings (SSSR count). The van der Waals surface area contributed by atoms with Crippen molar-refractivity contribution < 1.29 is 23.0 Å². The second kappa shape index (κ2) is 12.1. The van der Waals surface area contributed by atoms with Crippen molar-refractivity contribution in [1.29, 1.82) is 0 Å². The number of nitrogens with one attached hydrogen (secondary N) is 1. The highest BCUT2D eigenvalue weighted by Gasteiger charge is 2.24. The molecule has 0 saturated carbocycles. The fourth-order valence-electron chi connectivity index (χ4n) is 5.70. The molecule has 0 aliphatic rings. The SMILES string of the molecule is COc1ccc(F)cc1-c1c(C)cc(C(C)NC(C(N)=O)c2cc(C)c(-c3cc(F)ccc3OC)c(C)c2)cc1C. The topological polar surface area (TPSA) is 73.6 Å². The third-order valence-electron chi connectivity index (χ3n) is 7.51. The van der Waals surface area contributed by atoms with E-state index in [1.165, 1.54) is 24.3 Å². The first-order valence-electron chi connectivity index (χ1n) is 13.4. The first-order valence-corrected chi connectivity index (χ1v) is 13.4. The minimum atomic E-state index is -0.769. The van der Waals surface area contributed by atoms with E-state index in [9.17, 15) is 13.6 Å². The van der Waals surface area contributed by atoms with Crippen LogP contribution < -0.4 is 20.5 Å². The summed E-state index contributed by atoms with van der Waals surface area (Å²) in [5.74, 6) is -0.0534. The van der Waals surface area contributed by atoms with Crippen molar-refractivity contribution >= 4 is 5.91 Å². The summed E-state index contributed by atoms with van der Waals surface area (Å²) in [5, 5.41) is 3.40. The van der Waals surface area contributed by atoms with E-state index in [4.69, 9.17) is 15.2 Å². The van der Waals surface area contributed by atoms with Gasteiger partial charge in [0.1, 0.15) is 29.2 Å². The Bertz CT molecular complexity index is 1570. The van der Waals surface area contributed by atoms with Crippen molar-refractivity contribution in [2.24, 2.45) is 5.73 Å². The number of aryl methyl sites for hydroxylation is 4. The van der Waals surface area contributed by atoms with Crippen LogP contribution in [-0.2, 0) is 4.79 Å². The molecule has 0 spiro atoms. The molecular formula is C34H36F2N2O3. The molecule has 41 heavy (non-hydrogen) atoms. The van der Waals surface area contributed by atoms with E-state index >= 15 is 0 Å². The number of hydrogen-bond acceptors (Lipinski definition) is 4. The molecule has 0 radical (unpaired) electrons. The number of ether oxygens (including phenoxy) is 2. The molecule has 0 fully saturated rings. The van der Waals surface area contributed by atoms with Gasteiger partial charge in [0.25, 0.3) is 0 Å². The number of nitrogens with two attached hydrogens (primary N) is 1. The van der Waals surface area contributed by atoms with E-state index in [1.54, 1.807) is 26.4 Å². The Morgan fingerprint density at radius 3 is 1.46 bits per heavy atom. The molecule has 2 atom stereocenters. The first kappa shape index (κ1) is 29.7. The Balaban J connectivity index is 1.68. The Kier molecular flexibility index (Phi) is 8.78. The molecule has 4 aromatic carbocycles. The number of carbonyl (C=O) groups is 1.